The van der Waals surface area contributed by atoms with E-state index < -0.39 is 0 Å². The van der Waals surface area contributed by atoms with Crippen molar-refractivity contribution < 1.29 is 9.53 Å². The largest absolute Gasteiger partial charge is 0.496 e. The molecule has 0 aliphatic carbocycles. The minimum atomic E-state index is 0.0299. The van der Waals surface area contributed by atoms with Crippen LogP contribution in [0.15, 0.2) is 24.4 Å². The van der Waals surface area contributed by atoms with Gasteiger partial charge in [-0.2, -0.15) is 0 Å². The fraction of sp³-hybridized carbons (Fsp3) is 0.357. The standard InChI is InChI=1S/C14H16BrN3O2/c1-9(15)13-8-18(17-16-13)7-12-6-11(10(2)19)4-5-14(12)20-3/h4-6,8-9H,7H2,1-3H3. The number of rotatable bonds is 5. The third-order valence-electron chi connectivity index (χ3n) is 2.98. The molecule has 5 nitrogen and oxygen atoms in total. The summed E-state index contributed by atoms with van der Waals surface area (Å²) in [4.78, 5) is 11.6. The van der Waals surface area contributed by atoms with E-state index in [9.17, 15) is 4.79 Å². The first-order chi connectivity index (χ1) is 9.51. The molecule has 0 N–H and O–H groups in total. The first kappa shape index (κ1) is 14.7. The van der Waals surface area contributed by atoms with Crippen LogP contribution in [-0.4, -0.2) is 27.9 Å². The predicted molar refractivity (Wildman–Crippen MR) is 79.5 cm³/mol. The SMILES string of the molecule is COc1ccc(C(C)=O)cc1Cn1cc(C(C)Br)nn1. The van der Waals surface area contributed by atoms with Crippen LogP contribution >= 0.6 is 15.9 Å². The predicted octanol–water partition coefficient (Wildman–Crippen LogP) is 2.99. The van der Waals surface area contributed by atoms with Crippen molar-refractivity contribution >= 4 is 21.7 Å². The van der Waals surface area contributed by atoms with E-state index in [2.05, 4.69) is 26.2 Å². The topological polar surface area (TPSA) is 57.0 Å². The number of hydrogen-bond acceptors (Lipinski definition) is 4. The molecule has 0 fully saturated rings. The summed E-state index contributed by atoms with van der Waals surface area (Å²) in [6, 6.07) is 5.40. The molecule has 2 rings (SSSR count). The normalized spacial score (nSPS) is 12.2. The van der Waals surface area contributed by atoms with Gasteiger partial charge in [0.05, 0.1) is 24.2 Å². The number of nitrogens with zero attached hydrogens (tertiary/aromatic N) is 3. The number of carbonyl (C=O) groups excluding carboxylic acids is 1. The number of carbonyl (C=O) groups is 1. The second-order valence-electron chi connectivity index (χ2n) is 4.54. The second kappa shape index (κ2) is 6.17. The molecule has 0 radical (unpaired) electrons. The highest BCUT2D eigenvalue weighted by Crippen LogP contribution is 2.22. The maximum Gasteiger partial charge on any atom is 0.159 e. The lowest BCUT2D eigenvalue weighted by Crippen LogP contribution is -2.04. The van der Waals surface area contributed by atoms with Crippen molar-refractivity contribution in [1.82, 2.24) is 15.0 Å². The molecule has 6 heteroatoms. The van der Waals surface area contributed by atoms with Crippen molar-refractivity contribution in [3.8, 4) is 5.75 Å². The highest BCUT2D eigenvalue weighted by molar-refractivity contribution is 9.09. The van der Waals surface area contributed by atoms with Gasteiger partial charge in [0.15, 0.2) is 5.78 Å². The lowest BCUT2D eigenvalue weighted by Gasteiger charge is -2.09. The third kappa shape index (κ3) is 3.25. The molecule has 1 unspecified atom stereocenters. The van der Waals surface area contributed by atoms with Gasteiger partial charge in [-0.25, -0.2) is 4.68 Å². The number of alkyl halides is 1. The van der Waals surface area contributed by atoms with Crippen LogP contribution in [0.2, 0.25) is 0 Å². The quantitative estimate of drug-likeness (QED) is 0.621. The van der Waals surface area contributed by atoms with Gasteiger partial charge in [-0.05, 0) is 32.0 Å². The van der Waals surface area contributed by atoms with Crippen molar-refractivity contribution in [2.75, 3.05) is 7.11 Å². The average Bonchev–Trinajstić information content (AvgIpc) is 2.87. The van der Waals surface area contributed by atoms with Crippen LogP contribution in [0.3, 0.4) is 0 Å². The number of ketones is 1. The summed E-state index contributed by atoms with van der Waals surface area (Å²) in [5, 5.41) is 8.16. The molecule has 0 spiro atoms. The molecule has 2 aromatic rings. The lowest BCUT2D eigenvalue weighted by molar-refractivity contribution is 0.101. The zero-order chi connectivity index (χ0) is 14.7. The average molecular weight is 338 g/mol. The van der Waals surface area contributed by atoms with Gasteiger partial charge in [-0.15, -0.1) is 5.10 Å². The molecule has 1 aromatic carbocycles. The van der Waals surface area contributed by atoms with Crippen molar-refractivity contribution in [3.63, 3.8) is 0 Å². The fourth-order valence-electron chi connectivity index (χ4n) is 1.87. The Morgan fingerprint density at radius 2 is 2.25 bits per heavy atom. The number of aromatic nitrogens is 3. The maximum absolute atomic E-state index is 11.5. The van der Waals surface area contributed by atoms with Crippen LogP contribution in [-0.2, 0) is 6.54 Å². The van der Waals surface area contributed by atoms with Crippen LogP contribution in [0.4, 0.5) is 0 Å². The Labute approximate surface area is 126 Å². The van der Waals surface area contributed by atoms with E-state index in [1.807, 2.05) is 19.2 Å². The number of halogens is 1. The summed E-state index contributed by atoms with van der Waals surface area (Å²) in [6.45, 7) is 4.05. The molecule has 1 aromatic heterocycles. The van der Waals surface area contributed by atoms with Gasteiger partial charge in [0.25, 0.3) is 0 Å². The monoisotopic (exact) mass is 337 g/mol. The van der Waals surface area contributed by atoms with E-state index in [1.54, 1.807) is 30.8 Å². The van der Waals surface area contributed by atoms with E-state index in [0.29, 0.717) is 12.1 Å². The Morgan fingerprint density at radius 3 is 2.80 bits per heavy atom. The number of methoxy groups -OCH3 is 1. The fourth-order valence-corrected chi connectivity index (χ4v) is 2.08. The first-order valence-electron chi connectivity index (χ1n) is 6.23. The van der Waals surface area contributed by atoms with Crippen molar-refractivity contribution in [2.45, 2.75) is 25.2 Å². The number of Topliss-reactive ketones (excluding diaryl/α,β-unsaturated/α-hetero) is 1. The van der Waals surface area contributed by atoms with Gasteiger partial charge in [0.1, 0.15) is 5.75 Å². The Kier molecular flexibility index (Phi) is 4.54. The lowest BCUT2D eigenvalue weighted by atomic mass is 10.1. The number of ether oxygens (including phenoxy) is 1. The Morgan fingerprint density at radius 1 is 1.50 bits per heavy atom. The van der Waals surface area contributed by atoms with Crippen LogP contribution in [0, 0.1) is 0 Å². The molecular formula is C14H16BrN3O2. The summed E-state index contributed by atoms with van der Waals surface area (Å²) >= 11 is 3.45. The summed E-state index contributed by atoms with van der Waals surface area (Å²) in [5.41, 5.74) is 2.43. The van der Waals surface area contributed by atoms with Gasteiger partial charge in [-0.1, -0.05) is 21.1 Å². The molecular weight excluding hydrogens is 322 g/mol. The summed E-state index contributed by atoms with van der Waals surface area (Å²) < 4.78 is 7.06. The molecule has 0 saturated carbocycles. The molecule has 0 aliphatic heterocycles. The van der Waals surface area contributed by atoms with E-state index >= 15 is 0 Å². The summed E-state index contributed by atoms with van der Waals surface area (Å²) in [5.74, 6) is 0.765. The molecule has 1 heterocycles. The first-order valence-corrected chi connectivity index (χ1v) is 7.14. The van der Waals surface area contributed by atoms with Gasteiger partial charge >= 0.3 is 0 Å². The van der Waals surface area contributed by atoms with E-state index in [0.717, 1.165) is 17.0 Å². The van der Waals surface area contributed by atoms with E-state index in [-0.39, 0.29) is 10.6 Å². The van der Waals surface area contributed by atoms with Gasteiger partial charge in [0.2, 0.25) is 0 Å². The van der Waals surface area contributed by atoms with Gasteiger partial charge < -0.3 is 4.74 Å². The summed E-state index contributed by atoms with van der Waals surface area (Å²) in [6.07, 6.45) is 1.87. The van der Waals surface area contributed by atoms with E-state index in [1.165, 1.54) is 0 Å². The molecule has 0 bridgehead atoms. The molecule has 1 atom stereocenters. The number of hydrogen-bond donors (Lipinski definition) is 0. The highest BCUT2D eigenvalue weighted by atomic mass is 79.9. The second-order valence-corrected chi connectivity index (χ2v) is 5.91. The van der Waals surface area contributed by atoms with Crippen molar-refractivity contribution in [2.24, 2.45) is 0 Å². The molecule has 0 saturated heterocycles. The maximum atomic E-state index is 11.5. The van der Waals surface area contributed by atoms with Crippen LogP contribution < -0.4 is 4.74 Å². The minimum Gasteiger partial charge on any atom is -0.496 e. The molecule has 20 heavy (non-hydrogen) atoms. The summed E-state index contributed by atoms with van der Waals surface area (Å²) in [7, 11) is 1.61. The molecule has 0 amide bonds. The molecule has 0 aliphatic rings. The third-order valence-corrected chi connectivity index (χ3v) is 3.45. The zero-order valence-electron chi connectivity index (χ0n) is 11.6. The Bertz CT molecular complexity index is 623. The van der Waals surface area contributed by atoms with Crippen LogP contribution in [0.1, 0.15) is 40.3 Å². The molecule has 106 valence electrons. The minimum absolute atomic E-state index is 0.0299. The van der Waals surface area contributed by atoms with E-state index in [4.69, 9.17) is 4.74 Å². The van der Waals surface area contributed by atoms with Crippen molar-refractivity contribution in [3.05, 3.63) is 41.2 Å². The zero-order valence-corrected chi connectivity index (χ0v) is 13.2. The highest BCUT2D eigenvalue weighted by Gasteiger charge is 2.11. The smallest absolute Gasteiger partial charge is 0.159 e. The van der Waals surface area contributed by atoms with Crippen LogP contribution in [0.25, 0.3) is 0 Å². The van der Waals surface area contributed by atoms with Crippen LogP contribution in [0.5, 0.6) is 5.75 Å². The Hall–Kier alpha value is -1.69. The Balaban J connectivity index is 2.30. The van der Waals surface area contributed by atoms with Gasteiger partial charge in [-0.3, -0.25) is 4.79 Å². The van der Waals surface area contributed by atoms with Crippen molar-refractivity contribution in [1.29, 1.82) is 0 Å². The number of benzene rings is 1. The van der Waals surface area contributed by atoms with Gasteiger partial charge in [0, 0.05) is 17.3 Å².